The van der Waals surface area contributed by atoms with Crippen LogP contribution in [-0.2, 0) is 0 Å². The molecular formula is C21H13ClN2O2S. The molecule has 0 aliphatic carbocycles. The highest BCUT2D eigenvalue weighted by molar-refractivity contribution is 8.04. The zero-order valence-electron chi connectivity index (χ0n) is 14.0. The molecule has 3 aromatic carbocycles. The third-order valence-corrected chi connectivity index (χ3v) is 5.30. The summed E-state index contributed by atoms with van der Waals surface area (Å²) in [5.74, 6) is 0.0366. The predicted octanol–water partition coefficient (Wildman–Crippen LogP) is 6.79. The number of nitrogens with zero attached hydrogens (tertiary/aromatic N) is 2. The zero-order chi connectivity index (χ0) is 18.8. The second-order valence-electron chi connectivity index (χ2n) is 5.86. The van der Waals surface area contributed by atoms with Gasteiger partial charge in [0, 0.05) is 21.0 Å². The highest BCUT2D eigenvalue weighted by Gasteiger charge is 2.25. The first-order valence-corrected chi connectivity index (χ1v) is 9.33. The maximum Gasteiger partial charge on any atom is 0.200 e. The van der Waals surface area contributed by atoms with E-state index in [9.17, 15) is 9.90 Å². The molecule has 1 heterocycles. The average Bonchev–Trinajstić information content (AvgIpc) is 2.98. The summed E-state index contributed by atoms with van der Waals surface area (Å²) in [5, 5.41) is 19.1. The van der Waals surface area contributed by atoms with E-state index in [4.69, 9.17) is 11.6 Å². The highest BCUT2D eigenvalue weighted by atomic mass is 35.5. The largest absolute Gasteiger partial charge is 0.507 e. The van der Waals surface area contributed by atoms with Gasteiger partial charge < -0.3 is 5.11 Å². The highest BCUT2D eigenvalue weighted by Crippen LogP contribution is 2.41. The van der Waals surface area contributed by atoms with Gasteiger partial charge in [-0.25, -0.2) is 0 Å². The van der Waals surface area contributed by atoms with Gasteiger partial charge in [-0.3, -0.25) is 4.79 Å². The van der Waals surface area contributed by atoms with Crippen molar-refractivity contribution < 1.29 is 9.90 Å². The molecule has 0 atom stereocenters. The summed E-state index contributed by atoms with van der Waals surface area (Å²) in [6.45, 7) is 0. The zero-order valence-corrected chi connectivity index (χ0v) is 15.5. The van der Waals surface area contributed by atoms with Gasteiger partial charge in [0.05, 0.1) is 16.3 Å². The fourth-order valence-corrected chi connectivity index (χ4v) is 3.88. The second-order valence-corrected chi connectivity index (χ2v) is 7.38. The van der Waals surface area contributed by atoms with Gasteiger partial charge in [-0.1, -0.05) is 41.6 Å². The lowest BCUT2D eigenvalue weighted by Gasteiger charge is -2.02. The fraction of sp³-hybridized carbons (Fsp3) is 0. The van der Waals surface area contributed by atoms with Crippen LogP contribution in [0.1, 0.15) is 15.9 Å². The van der Waals surface area contributed by atoms with Crippen molar-refractivity contribution >= 4 is 46.6 Å². The molecule has 1 N–H and O–H groups in total. The maximum absolute atomic E-state index is 12.5. The molecule has 0 spiro atoms. The molecular weight excluding hydrogens is 380 g/mol. The minimum absolute atomic E-state index is 0.0408. The van der Waals surface area contributed by atoms with Crippen molar-refractivity contribution in [1.82, 2.24) is 0 Å². The molecule has 0 bridgehead atoms. The molecule has 0 saturated carbocycles. The van der Waals surface area contributed by atoms with E-state index in [1.54, 1.807) is 48.5 Å². The van der Waals surface area contributed by atoms with Gasteiger partial charge in [0.2, 0.25) is 5.78 Å². The lowest BCUT2D eigenvalue weighted by Crippen LogP contribution is -1.93. The molecule has 1 aliphatic heterocycles. The monoisotopic (exact) mass is 392 g/mol. The van der Waals surface area contributed by atoms with E-state index in [1.807, 2.05) is 18.2 Å². The Labute approximate surface area is 165 Å². The lowest BCUT2D eigenvalue weighted by atomic mass is 10.1. The predicted molar refractivity (Wildman–Crippen MR) is 108 cm³/mol. The van der Waals surface area contributed by atoms with E-state index in [0.29, 0.717) is 32.4 Å². The van der Waals surface area contributed by atoms with Crippen LogP contribution in [0.4, 0.5) is 11.4 Å². The van der Waals surface area contributed by atoms with Gasteiger partial charge in [0.15, 0.2) is 0 Å². The topological polar surface area (TPSA) is 62.0 Å². The van der Waals surface area contributed by atoms with Crippen LogP contribution < -0.4 is 0 Å². The summed E-state index contributed by atoms with van der Waals surface area (Å²) in [7, 11) is 0. The quantitative estimate of drug-likeness (QED) is 0.394. The van der Waals surface area contributed by atoms with Crippen LogP contribution in [0, 0.1) is 0 Å². The number of halogens is 1. The van der Waals surface area contributed by atoms with E-state index in [0.717, 1.165) is 4.90 Å². The van der Waals surface area contributed by atoms with Gasteiger partial charge in [0.1, 0.15) is 5.75 Å². The normalized spacial score (nSPS) is 14.9. The smallest absolute Gasteiger partial charge is 0.200 e. The van der Waals surface area contributed by atoms with Crippen molar-refractivity contribution in [3.05, 3.63) is 87.8 Å². The Morgan fingerprint density at radius 1 is 0.926 bits per heavy atom. The van der Waals surface area contributed by atoms with Crippen molar-refractivity contribution in [1.29, 1.82) is 0 Å². The summed E-state index contributed by atoms with van der Waals surface area (Å²) in [6, 6.07) is 19.4. The number of rotatable bonds is 3. The number of carbonyl (C=O) groups is 1. The number of thioether (sulfide) groups is 1. The van der Waals surface area contributed by atoms with Crippen molar-refractivity contribution in [3.63, 3.8) is 0 Å². The summed E-state index contributed by atoms with van der Waals surface area (Å²) in [5.41, 5.74) is 2.39. The number of allylic oxidation sites excluding steroid dienone is 1. The Hall–Kier alpha value is -2.89. The Balaban J connectivity index is 1.63. The number of phenolic OH excluding ortho intramolecular Hbond substituents is 1. The van der Waals surface area contributed by atoms with E-state index >= 15 is 0 Å². The number of Topliss-reactive ketones (excluding diaryl/α,β-unsaturated/α-hetero) is 1. The standard InChI is InChI=1S/C21H13ClN2O2S/c22-14-4-3-5-15(12-14)23-24-16-8-9-18(25)13(10-16)11-20-21(26)17-6-1-2-7-19(17)27-20/h1-12,25H/b20-11-,24-23?. The van der Waals surface area contributed by atoms with E-state index < -0.39 is 0 Å². The van der Waals surface area contributed by atoms with E-state index in [2.05, 4.69) is 10.2 Å². The number of hydrogen-bond donors (Lipinski definition) is 1. The Kier molecular flexibility index (Phi) is 4.79. The Bertz CT molecular complexity index is 1110. The molecule has 0 amide bonds. The Morgan fingerprint density at radius 2 is 1.70 bits per heavy atom. The van der Waals surface area contributed by atoms with Crippen LogP contribution in [0.25, 0.3) is 6.08 Å². The van der Waals surface area contributed by atoms with Gasteiger partial charge in [-0.15, -0.1) is 0 Å². The molecule has 4 nitrogen and oxygen atoms in total. The number of carbonyl (C=O) groups excluding carboxylic acids is 1. The number of phenols is 1. The number of azo groups is 1. The molecule has 0 unspecified atom stereocenters. The van der Waals surface area contributed by atoms with E-state index in [-0.39, 0.29) is 11.5 Å². The first-order valence-electron chi connectivity index (χ1n) is 8.14. The van der Waals surface area contributed by atoms with Gasteiger partial charge in [-0.2, -0.15) is 10.2 Å². The molecule has 3 aromatic rings. The molecule has 0 fully saturated rings. The van der Waals surface area contributed by atoms with Crippen LogP contribution in [0.15, 0.2) is 86.8 Å². The first-order chi connectivity index (χ1) is 13.1. The average molecular weight is 393 g/mol. The summed E-state index contributed by atoms with van der Waals surface area (Å²) < 4.78 is 0. The fourth-order valence-electron chi connectivity index (χ4n) is 2.65. The van der Waals surface area contributed by atoms with Crippen LogP contribution in [0.2, 0.25) is 5.02 Å². The minimum Gasteiger partial charge on any atom is -0.507 e. The van der Waals surface area contributed by atoms with Gasteiger partial charge >= 0.3 is 0 Å². The maximum atomic E-state index is 12.5. The van der Waals surface area contributed by atoms with Gasteiger partial charge in [0.25, 0.3) is 0 Å². The molecule has 6 heteroatoms. The molecule has 0 aromatic heterocycles. The van der Waals surface area contributed by atoms with Crippen LogP contribution in [-0.4, -0.2) is 10.9 Å². The molecule has 4 rings (SSSR count). The van der Waals surface area contributed by atoms with Gasteiger partial charge in [-0.05, 0) is 54.6 Å². The van der Waals surface area contributed by atoms with Crippen molar-refractivity contribution in [2.24, 2.45) is 10.2 Å². The van der Waals surface area contributed by atoms with Crippen molar-refractivity contribution in [3.8, 4) is 5.75 Å². The number of benzene rings is 3. The number of fused-ring (bicyclic) bond motifs is 1. The van der Waals surface area contributed by atoms with Crippen LogP contribution in [0.5, 0.6) is 5.75 Å². The molecule has 27 heavy (non-hydrogen) atoms. The minimum atomic E-state index is -0.0408. The number of hydrogen-bond acceptors (Lipinski definition) is 5. The third-order valence-electron chi connectivity index (χ3n) is 3.96. The lowest BCUT2D eigenvalue weighted by molar-refractivity contribution is 0.104. The van der Waals surface area contributed by atoms with Crippen molar-refractivity contribution in [2.45, 2.75) is 4.90 Å². The third kappa shape index (κ3) is 3.79. The van der Waals surface area contributed by atoms with E-state index in [1.165, 1.54) is 17.8 Å². The van der Waals surface area contributed by atoms with Crippen LogP contribution >= 0.6 is 23.4 Å². The molecule has 132 valence electrons. The summed E-state index contributed by atoms with van der Waals surface area (Å²) >= 11 is 7.34. The molecule has 1 aliphatic rings. The second kappa shape index (κ2) is 7.39. The van der Waals surface area contributed by atoms with Crippen LogP contribution in [0.3, 0.4) is 0 Å². The first kappa shape index (κ1) is 17.5. The number of ketones is 1. The summed E-state index contributed by atoms with van der Waals surface area (Å²) in [6.07, 6.45) is 1.68. The molecule has 0 radical (unpaired) electrons. The summed E-state index contributed by atoms with van der Waals surface area (Å²) in [4.78, 5) is 14.0. The molecule has 0 saturated heterocycles. The SMILES string of the molecule is O=C1/C(=C/c2cc(N=Nc3cccc(Cl)c3)ccc2O)Sc2ccccc21. The van der Waals surface area contributed by atoms with Crippen molar-refractivity contribution in [2.75, 3.05) is 0 Å². The Morgan fingerprint density at radius 3 is 2.48 bits per heavy atom. The number of aromatic hydroxyl groups is 1.